The topological polar surface area (TPSA) is 49.4 Å². The highest BCUT2D eigenvalue weighted by Gasteiger charge is 2.26. The number of carbonyl (C=O) groups excluding carboxylic acids is 2. The van der Waals surface area contributed by atoms with Gasteiger partial charge < -0.3 is 10.2 Å². The van der Waals surface area contributed by atoms with E-state index in [0.29, 0.717) is 18.0 Å². The molecule has 4 nitrogen and oxygen atoms in total. The zero-order valence-electron chi connectivity index (χ0n) is 16.1. The van der Waals surface area contributed by atoms with Crippen molar-refractivity contribution in [2.75, 3.05) is 6.54 Å². The van der Waals surface area contributed by atoms with Gasteiger partial charge in [0.15, 0.2) is 0 Å². The summed E-state index contributed by atoms with van der Waals surface area (Å²) in [5.41, 5.74) is 1.90. The van der Waals surface area contributed by atoms with Gasteiger partial charge in [0.1, 0.15) is 6.04 Å². The molecule has 0 spiro atoms. The Hall–Kier alpha value is -2.33. The van der Waals surface area contributed by atoms with E-state index in [1.165, 1.54) is 0 Å². The molecule has 144 valence electrons. The van der Waals surface area contributed by atoms with Crippen LogP contribution < -0.4 is 5.32 Å². The molecule has 2 rings (SSSR count). The number of nitrogens with zero attached hydrogens (tertiary/aromatic N) is 1. The zero-order chi connectivity index (χ0) is 19.8. The molecule has 1 N–H and O–H groups in total. The number of hydrogen-bond acceptors (Lipinski definition) is 2. The summed E-state index contributed by atoms with van der Waals surface area (Å²) in [6, 6.07) is 16.7. The zero-order valence-corrected chi connectivity index (χ0v) is 16.9. The molecule has 27 heavy (non-hydrogen) atoms. The van der Waals surface area contributed by atoms with Crippen LogP contribution in [0.4, 0.5) is 0 Å². The Morgan fingerprint density at radius 1 is 1.00 bits per heavy atom. The van der Waals surface area contributed by atoms with Gasteiger partial charge in [-0.3, -0.25) is 9.59 Å². The first-order chi connectivity index (χ1) is 12.9. The first kappa shape index (κ1) is 21.0. The Bertz CT molecular complexity index is 762. The fourth-order valence-corrected chi connectivity index (χ4v) is 3.08. The molecule has 1 unspecified atom stereocenters. The van der Waals surface area contributed by atoms with E-state index in [2.05, 4.69) is 5.32 Å². The molecule has 0 aliphatic rings. The van der Waals surface area contributed by atoms with Crippen LogP contribution >= 0.6 is 11.6 Å². The largest absolute Gasteiger partial charge is 0.352 e. The molecule has 0 aliphatic heterocycles. The summed E-state index contributed by atoms with van der Waals surface area (Å²) in [5.74, 6) is -0.254. The maximum atomic E-state index is 13.0. The third kappa shape index (κ3) is 6.40. The van der Waals surface area contributed by atoms with Crippen LogP contribution in [0.2, 0.25) is 5.02 Å². The van der Waals surface area contributed by atoms with Gasteiger partial charge in [0, 0.05) is 17.6 Å². The molecule has 0 aliphatic carbocycles. The first-order valence-electron chi connectivity index (χ1n) is 9.25. The third-order valence-corrected chi connectivity index (χ3v) is 4.75. The molecule has 1 atom stereocenters. The molecular formula is C22H27ClN2O2. The Labute approximate surface area is 166 Å². The molecule has 0 aromatic heterocycles. The first-order valence-corrected chi connectivity index (χ1v) is 9.63. The fraction of sp³-hybridized carbons (Fsp3) is 0.364. The summed E-state index contributed by atoms with van der Waals surface area (Å²) in [6.45, 7) is 6.06. The molecule has 0 heterocycles. The van der Waals surface area contributed by atoms with Gasteiger partial charge in [0.05, 0.1) is 6.42 Å². The van der Waals surface area contributed by atoms with Gasteiger partial charge in [-0.25, -0.2) is 0 Å². The quantitative estimate of drug-likeness (QED) is 0.748. The van der Waals surface area contributed by atoms with Crippen molar-refractivity contribution in [1.29, 1.82) is 0 Å². The number of halogens is 1. The second-order valence-corrected chi connectivity index (χ2v) is 7.34. The van der Waals surface area contributed by atoms with Crippen LogP contribution in [0.5, 0.6) is 0 Å². The van der Waals surface area contributed by atoms with Crippen molar-refractivity contribution < 1.29 is 9.59 Å². The summed E-state index contributed by atoms with van der Waals surface area (Å²) < 4.78 is 0. The van der Waals surface area contributed by atoms with E-state index in [4.69, 9.17) is 11.6 Å². The van der Waals surface area contributed by atoms with Gasteiger partial charge in [-0.15, -0.1) is 0 Å². The highest BCUT2D eigenvalue weighted by molar-refractivity contribution is 6.31. The number of amides is 2. The highest BCUT2D eigenvalue weighted by atomic mass is 35.5. The molecule has 0 saturated carbocycles. The lowest BCUT2D eigenvalue weighted by Crippen LogP contribution is -2.50. The lowest BCUT2D eigenvalue weighted by atomic mass is 10.1. The Morgan fingerprint density at radius 2 is 1.63 bits per heavy atom. The number of benzene rings is 2. The number of rotatable bonds is 8. The third-order valence-electron chi connectivity index (χ3n) is 4.38. The van der Waals surface area contributed by atoms with E-state index in [0.717, 1.165) is 11.1 Å². The Kier molecular flexibility index (Phi) is 7.86. The normalized spacial score (nSPS) is 11.9. The van der Waals surface area contributed by atoms with E-state index in [1.54, 1.807) is 17.9 Å². The number of nitrogens with one attached hydrogen (secondary N) is 1. The minimum Gasteiger partial charge on any atom is -0.352 e. The molecule has 0 saturated heterocycles. The predicted octanol–water partition coefficient (Wildman–Crippen LogP) is 3.87. The van der Waals surface area contributed by atoms with Gasteiger partial charge in [0.2, 0.25) is 11.8 Å². The van der Waals surface area contributed by atoms with Crippen LogP contribution in [-0.4, -0.2) is 35.3 Å². The molecule has 0 radical (unpaired) electrons. The van der Waals surface area contributed by atoms with E-state index >= 15 is 0 Å². The fourth-order valence-electron chi connectivity index (χ4n) is 2.88. The van der Waals surface area contributed by atoms with Crippen LogP contribution in [0.3, 0.4) is 0 Å². The van der Waals surface area contributed by atoms with E-state index in [1.807, 2.05) is 62.4 Å². The van der Waals surface area contributed by atoms with E-state index in [9.17, 15) is 9.59 Å². The molecule has 0 fully saturated rings. The lowest BCUT2D eigenvalue weighted by Gasteiger charge is -2.29. The van der Waals surface area contributed by atoms with Gasteiger partial charge >= 0.3 is 0 Å². The van der Waals surface area contributed by atoms with Gasteiger partial charge in [-0.1, -0.05) is 60.1 Å². The van der Waals surface area contributed by atoms with Crippen molar-refractivity contribution in [3.8, 4) is 0 Å². The Balaban J connectivity index is 2.15. The summed E-state index contributed by atoms with van der Waals surface area (Å²) in [4.78, 5) is 27.2. The number of hydrogen-bond donors (Lipinski definition) is 1. The molecule has 0 bridgehead atoms. The standard InChI is InChI=1S/C22H27ClN2O2/c1-16(2)24-22(27)17(3)25(14-13-18-9-5-4-6-10-18)21(26)15-19-11-7-8-12-20(19)23/h4-12,16-17H,13-15H2,1-3H3,(H,24,27). The Morgan fingerprint density at radius 3 is 2.26 bits per heavy atom. The highest BCUT2D eigenvalue weighted by Crippen LogP contribution is 2.17. The van der Waals surface area contributed by atoms with Gasteiger partial charge in [-0.05, 0) is 44.4 Å². The van der Waals surface area contributed by atoms with Crippen molar-refractivity contribution in [3.05, 3.63) is 70.7 Å². The van der Waals surface area contributed by atoms with Gasteiger partial charge in [0.25, 0.3) is 0 Å². The maximum absolute atomic E-state index is 13.0. The van der Waals surface area contributed by atoms with Crippen molar-refractivity contribution in [2.24, 2.45) is 0 Å². The lowest BCUT2D eigenvalue weighted by molar-refractivity contribution is -0.139. The van der Waals surface area contributed by atoms with E-state index in [-0.39, 0.29) is 24.3 Å². The van der Waals surface area contributed by atoms with Crippen LogP contribution in [0.15, 0.2) is 54.6 Å². The van der Waals surface area contributed by atoms with E-state index < -0.39 is 6.04 Å². The smallest absolute Gasteiger partial charge is 0.242 e. The minimum absolute atomic E-state index is 0.0228. The summed E-state index contributed by atoms with van der Waals surface area (Å²) in [6.07, 6.45) is 0.863. The SMILES string of the molecule is CC(C)NC(=O)C(C)N(CCc1ccccc1)C(=O)Cc1ccccc1Cl. The van der Waals surface area contributed by atoms with Crippen LogP contribution in [-0.2, 0) is 22.4 Å². The maximum Gasteiger partial charge on any atom is 0.242 e. The molecule has 2 aromatic carbocycles. The second kappa shape index (κ2) is 10.1. The van der Waals surface area contributed by atoms with Crippen molar-refractivity contribution in [3.63, 3.8) is 0 Å². The minimum atomic E-state index is -0.550. The molecule has 5 heteroatoms. The summed E-state index contributed by atoms with van der Waals surface area (Å²) in [5, 5.41) is 3.46. The monoisotopic (exact) mass is 386 g/mol. The second-order valence-electron chi connectivity index (χ2n) is 6.93. The molecule has 2 aromatic rings. The number of carbonyl (C=O) groups is 2. The molecule has 2 amide bonds. The average molecular weight is 387 g/mol. The van der Waals surface area contributed by atoms with Crippen LogP contribution in [0.25, 0.3) is 0 Å². The van der Waals surface area contributed by atoms with Crippen LogP contribution in [0.1, 0.15) is 31.9 Å². The molecular weight excluding hydrogens is 360 g/mol. The predicted molar refractivity (Wildman–Crippen MR) is 110 cm³/mol. The van der Waals surface area contributed by atoms with Crippen molar-refractivity contribution in [1.82, 2.24) is 10.2 Å². The summed E-state index contributed by atoms with van der Waals surface area (Å²) >= 11 is 6.21. The van der Waals surface area contributed by atoms with Gasteiger partial charge in [-0.2, -0.15) is 0 Å². The van der Waals surface area contributed by atoms with Crippen molar-refractivity contribution in [2.45, 2.75) is 45.7 Å². The van der Waals surface area contributed by atoms with Crippen LogP contribution in [0, 0.1) is 0 Å². The summed E-state index contributed by atoms with van der Waals surface area (Å²) in [7, 11) is 0. The average Bonchev–Trinajstić information content (AvgIpc) is 2.64. The van der Waals surface area contributed by atoms with Crippen molar-refractivity contribution >= 4 is 23.4 Å².